The molecule has 1 aromatic carbocycles. The molecule has 0 spiro atoms. The third-order valence-electron chi connectivity index (χ3n) is 6.81. The summed E-state index contributed by atoms with van der Waals surface area (Å²) in [4.78, 5) is 16.6. The average Bonchev–Trinajstić information content (AvgIpc) is 2.64. The summed E-state index contributed by atoms with van der Waals surface area (Å²) < 4.78 is 14.6. The lowest BCUT2D eigenvalue weighted by Crippen LogP contribution is -2.58. The molecule has 1 saturated carbocycles. The van der Waals surface area contributed by atoms with Crippen LogP contribution < -0.4 is 5.48 Å². The van der Waals surface area contributed by atoms with Crippen molar-refractivity contribution in [2.24, 2.45) is 17.8 Å². The third-order valence-corrected chi connectivity index (χ3v) is 6.81. The van der Waals surface area contributed by atoms with E-state index in [-0.39, 0.29) is 11.4 Å². The Bertz CT molecular complexity index is 699. The van der Waals surface area contributed by atoms with Gasteiger partial charge < -0.3 is 4.90 Å². The highest BCUT2D eigenvalue weighted by molar-refractivity contribution is 5.93. The van der Waals surface area contributed by atoms with Gasteiger partial charge in [0.15, 0.2) is 0 Å². The number of carbonyl (C=O) groups is 1. The molecule has 2 N–H and O–H groups in total. The Morgan fingerprint density at radius 2 is 2.08 bits per heavy atom. The van der Waals surface area contributed by atoms with Crippen LogP contribution in [0.2, 0.25) is 0 Å². The minimum absolute atomic E-state index is 0.181. The number of fused-ring (bicyclic) bond motifs is 3. The molecule has 26 heavy (non-hydrogen) atoms. The van der Waals surface area contributed by atoms with Crippen LogP contribution in [0.1, 0.15) is 41.3 Å². The highest BCUT2D eigenvalue weighted by Gasteiger charge is 2.46. The predicted octanol–water partition coefficient (Wildman–Crippen LogP) is 2.28. The van der Waals surface area contributed by atoms with Crippen LogP contribution in [0.15, 0.2) is 12.1 Å². The predicted molar refractivity (Wildman–Crippen MR) is 96.4 cm³/mol. The van der Waals surface area contributed by atoms with Gasteiger partial charge in [0, 0.05) is 37.8 Å². The van der Waals surface area contributed by atoms with Gasteiger partial charge in [-0.15, -0.1) is 0 Å². The van der Waals surface area contributed by atoms with Gasteiger partial charge in [-0.1, -0.05) is 6.92 Å². The first-order valence-corrected chi connectivity index (χ1v) is 9.68. The van der Waals surface area contributed by atoms with E-state index < -0.39 is 5.91 Å². The van der Waals surface area contributed by atoms with E-state index in [1.54, 1.807) is 11.5 Å². The number of nitrogens with one attached hydrogen (secondary N) is 1. The smallest absolute Gasteiger partial charge is 0.274 e. The molecule has 1 amide bonds. The first kappa shape index (κ1) is 17.9. The maximum Gasteiger partial charge on any atom is 0.274 e. The second kappa shape index (κ2) is 6.91. The van der Waals surface area contributed by atoms with Crippen molar-refractivity contribution >= 4 is 5.91 Å². The lowest BCUT2D eigenvalue weighted by Gasteiger charge is -2.55. The van der Waals surface area contributed by atoms with Gasteiger partial charge in [-0.3, -0.25) is 14.9 Å². The molecule has 1 saturated heterocycles. The normalized spacial score (nSPS) is 31.2. The summed E-state index contributed by atoms with van der Waals surface area (Å²) >= 11 is 0. The van der Waals surface area contributed by atoms with Crippen LogP contribution in [0.3, 0.4) is 0 Å². The van der Waals surface area contributed by atoms with E-state index in [9.17, 15) is 9.18 Å². The van der Waals surface area contributed by atoms with Crippen LogP contribution in [0.25, 0.3) is 0 Å². The number of amides is 1. The zero-order chi connectivity index (χ0) is 18.4. The molecule has 4 rings (SSSR count). The van der Waals surface area contributed by atoms with Crippen LogP contribution >= 0.6 is 0 Å². The molecule has 3 atom stereocenters. The van der Waals surface area contributed by atoms with E-state index >= 15 is 0 Å². The zero-order valence-electron chi connectivity index (χ0n) is 15.5. The Balaban J connectivity index is 1.55. The van der Waals surface area contributed by atoms with Crippen molar-refractivity contribution in [2.45, 2.75) is 38.8 Å². The maximum absolute atomic E-state index is 14.6. The fourth-order valence-corrected chi connectivity index (χ4v) is 5.38. The average molecular weight is 361 g/mol. The largest absolute Gasteiger partial charge is 0.306 e. The number of halogens is 1. The SMILES string of the molecule is CC[C@H]1Cc2c(F)cc(C(=O)NO)cc2CN1CC1C2CC1CN(C)C2. The summed E-state index contributed by atoms with van der Waals surface area (Å²) in [7, 11) is 2.21. The monoisotopic (exact) mass is 361 g/mol. The summed E-state index contributed by atoms with van der Waals surface area (Å²) in [6.45, 7) is 6.31. The zero-order valence-corrected chi connectivity index (χ0v) is 15.5. The second-order valence-corrected chi connectivity index (χ2v) is 8.37. The number of hydroxylamine groups is 1. The summed E-state index contributed by atoms with van der Waals surface area (Å²) in [6, 6.07) is 3.32. The van der Waals surface area contributed by atoms with E-state index in [1.807, 2.05) is 0 Å². The summed E-state index contributed by atoms with van der Waals surface area (Å²) in [5.41, 5.74) is 3.40. The Morgan fingerprint density at radius 1 is 1.35 bits per heavy atom. The van der Waals surface area contributed by atoms with Gasteiger partial charge in [-0.2, -0.15) is 0 Å². The number of carbonyl (C=O) groups excluding carboxylic acids is 1. The minimum Gasteiger partial charge on any atom is -0.306 e. The van der Waals surface area contributed by atoms with Crippen LogP contribution in [-0.2, 0) is 13.0 Å². The highest BCUT2D eigenvalue weighted by Crippen LogP contribution is 2.46. The van der Waals surface area contributed by atoms with E-state index in [0.29, 0.717) is 19.0 Å². The lowest BCUT2D eigenvalue weighted by molar-refractivity contribution is -0.0572. The molecule has 2 unspecified atom stereocenters. The fraction of sp³-hybridized carbons (Fsp3) is 0.650. The molecule has 1 aromatic rings. The molecule has 6 heteroatoms. The van der Waals surface area contributed by atoms with Crippen molar-refractivity contribution in [3.05, 3.63) is 34.6 Å². The van der Waals surface area contributed by atoms with Gasteiger partial charge in [0.05, 0.1) is 0 Å². The van der Waals surface area contributed by atoms with Crippen molar-refractivity contribution in [2.75, 3.05) is 26.7 Å². The van der Waals surface area contributed by atoms with Crippen LogP contribution in [0.5, 0.6) is 0 Å². The molecule has 5 nitrogen and oxygen atoms in total. The van der Waals surface area contributed by atoms with Gasteiger partial charge in [-0.25, -0.2) is 9.87 Å². The molecule has 2 heterocycles. The molecule has 0 radical (unpaired) electrons. The van der Waals surface area contributed by atoms with Gasteiger partial charge in [0.2, 0.25) is 0 Å². The Hall–Kier alpha value is -1.50. The van der Waals surface area contributed by atoms with Crippen molar-refractivity contribution in [3.8, 4) is 0 Å². The van der Waals surface area contributed by atoms with Gasteiger partial charge in [0.1, 0.15) is 5.82 Å². The van der Waals surface area contributed by atoms with Crippen molar-refractivity contribution in [3.63, 3.8) is 0 Å². The van der Waals surface area contributed by atoms with Gasteiger partial charge in [0.25, 0.3) is 5.91 Å². The standard InChI is InChI=1S/C20H28FN3O2/c1-3-16-7-17-15(4-12(6-19(17)21)20(25)22-26)10-24(16)11-18-13-5-14(18)9-23(2)8-13/h4,6,13-14,16,18,26H,3,5,7-11H2,1-2H3,(H,22,25)/t13?,14?,16-,18?/m0/s1. The topological polar surface area (TPSA) is 55.8 Å². The number of benzene rings is 1. The first-order valence-electron chi connectivity index (χ1n) is 9.68. The molecule has 1 aliphatic carbocycles. The molecule has 0 aromatic heterocycles. The molecular formula is C20H28FN3O2. The van der Waals surface area contributed by atoms with Crippen molar-refractivity contribution < 1.29 is 14.4 Å². The van der Waals surface area contributed by atoms with Crippen molar-refractivity contribution in [1.29, 1.82) is 0 Å². The van der Waals surface area contributed by atoms with Crippen molar-refractivity contribution in [1.82, 2.24) is 15.3 Å². The molecular weight excluding hydrogens is 333 g/mol. The quantitative estimate of drug-likeness (QED) is 0.638. The number of rotatable bonds is 4. The highest BCUT2D eigenvalue weighted by atomic mass is 19.1. The Morgan fingerprint density at radius 3 is 2.73 bits per heavy atom. The van der Waals surface area contributed by atoms with E-state index in [4.69, 9.17) is 5.21 Å². The summed E-state index contributed by atoms with van der Waals surface area (Å²) in [5, 5.41) is 8.85. The lowest BCUT2D eigenvalue weighted by atomic mass is 9.61. The number of piperidine rings is 2. The number of hydrogen-bond acceptors (Lipinski definition) is 4. The van der Waals surface area contributed by atoms with E-state index in [2.05, 4.69) is 23.8 Å². The molecule has 142 valence electrons. The summed E-state index contributed by atoms with van der Waals surface area (Å²) in [6.07, 6.45) is 3.05. The third kappa shape index (κ3) is 3.04. The number of nitrogens with zero attached hydrogens (tertiary/aromatic N) is 2. The number of likely N-dealkylation sites (tertiary alicyclic amines) is 1. The second-order valence-electron chi connectivity index (χ2n) is 8.37. The molecule has 2 aliphatic heterocycles. The maximum atomic E-state index is 14.6. The number of hydrogen-bond donors (Lipinski definition) is 2. The summed E-state index contributed by atoms with van der Waals surface area (Å²) in [5.74, 6) is 1.34. The first-order chi connectivity index (χ1) is 12.5. The minimum atomic E-state index is -0.660. The Kier molecular flexibility index (Phi) is 4.75. The van der Waals surface area contributed by atoms with Gasteiger partial charge >= 0.3 is 0 Å². The Labute approximate surface area is 154 Å². The fourth-order valence-electron chi connectivity index (χ4n) is 5.38. The van der Waals surface area contributed by atoms with E-state index in [0.717, 1.165) is 41.8 Å². The van der Waals surface area contributed by atoms with Crippen LogP contribution in [0, 0.1) is 23.6 Å². The molecule has 3 aliphatic rings. The van der Waals surface area contributed by atoms with Gasteiger partial charge in [-0.05, 0) is 67.3 Å². The molecule has 2 bridgehead atoms. The van der Waals surface area contributed by atoms with Crippen LogP contribution in [0.4, 0.5) is 4.39 Å². The van der Waals surface area contributed by atoms with E-state index in [1.165, 1.54) is 25.6 Å². The molecule has 2 fully saturated rings. The van der Waals surface area contributed by atoms with Crippen LogP contribution in [-0.4, -0.2) is 53.6 Å².